The van der Waals surface area contributed by atoms with E-state index in [1.54, 1.807) is 31.2 Å². The summed E-state index contributed by atoms with van der Waals surface area (Å²) in [4.78, 5) is 21.6. The Balaban J connectivity index is 1.44. The third kappa shape index (κ3) is 6.08. The van der Waals surface area contributed by atoms with Crippen LogP contribution in [0.15, 0.2) is 84.9 Å². The summed E-state index contributed by atoms with van der Waals surface area (Å²) in [6.45, 7) is 3.55. The number of benzene rings is 3. The van der Waals surface area contributed by atoms with Crippen molar-refractivity contribution >= 4 is 34.7 Å². The molecule has 3 aromatic carbocycles. The first-order chi connectivity index (χ1) is 16.0. The number of nitrogens with one attached hydrogen (secondary N) is 2. The number of carbonyl (C=O) groups is 1. The first-order valence-corrected chi connectivity index (χ1v) is 10.9. The molecule has 4 aromatic rings. The fourth-order valence-corrected chi connectivity index (χ4v) is 3.35. The molecule has 0 saturated heterocycles. The van der Waals surface area contributed by atoms with E-state index in [2.05, 4.69) is 20.6 Å². The molecule has 6 nitrogen and oxygen atoms in total. The average Bonchev–Trinajstić information content (AvgIpc) is 2.81. The van der Waals surface area contributed by atoms with E-state index in [0.717, 1.165) is 16.9 Å². The van der Waals surface area contributed by atoms with Crippen molar-refractivity contribution in [3.8, 4) is 17.0 Å². The van der Waals surface area contributed by atoms with Crippen LogP contribution in [0.25, 0.3) is 11.3 Å². The molecule has 0 aliphatic carbocycles. The maximum atomic E-state index is 12.6. The van der Waals surface area contributed by atoms with Gasteiger partial charge in [-0.1, -0.05) is 48.0 Å². The van der Waals surface area contributed by atoms with Crippen LogP contribution < -0.4 is 15.4 Å². The summed E-state index contributed by atoms with van der Waals surface area (Å²) in [5.74, 6) is 1.65. The van der Waals surface area contributed by atoms with E-state index < -0.39 is 6.10 Å². The Morgan fingerprint density at radius 3 is 2.39 bits per heavy atom. The molecular formula is C26H23ClN4O2. The highest BCUT2D eigenvalue weighted by Gasteiger charge is 2.15. The van der Waals surface area contributed by atoms with Crippen molar-refractivity contribution in [1.82, 2.24) is 9.97 Å². The fourth-order valence-electron chi connectivity index (χ4n) is 3.23. The van der Waals surface area contributed by atoms with Crippen molar-refractivity contribution in [2.24, 2.45) is 0 Å². The van der Waals surface area contributed by atoms with E-state index in [4.69, 9.17) is 16.3 Å². The number of amides is 1. The predicted octanol–water partition coefficient (Wildman–Crippen LogP) is 6.26. The predicted molar refractivity (Wildman–Crippen MR) is 132 cm³/mol. The van der Waals surface area contributed by atoms with Gasteiger partial charge in [0.2, 0.25) is 0 Å². The number of aromatic nitrogens is 2. The lowest BCUT2D eigenvalue weighted by atomic mass is 10.1. The Hall–Kier alpha value is -3.90. The summed E-state index contributed by atoms with van der Waals surface area (Å²) in [6.07, 6.45) is -0.680. The number of hydrogen-bond donors (Lipinski definition) is 2. The zero-order valence-corrected chi connectivity index (χ0v) is 19.0. The summed E-state index contributed by atoms with van der Waals surface area (Å²) in [6, 6.07) is 26.1. The molecule has 0 spiro atoms. The molecule has 0 bridgehead atoms. The Labute approximate surface area is 197 Å². The van der Waals surface area contributed by atoms with Crippen molar-refractivity contribution in [3.05, 3.63) is 95.8 Å². The van der Waals surface area contributed by atoms with Crippen LogP contribution in [0.5, 0.6) is 5.75 Å². The Bertz CT molecular complexity index is 1250. The lowest BCUT2D eigenvalue weighted by molar-refractivity contribution is -0.122. The molecule has 1 heterocycles. The number of halogens is 1. The quantitative estimate of drug-likeness (QED) is 0.342. The Kier molecular flexibility index (Phi) is 6.86. The van der Waals surface area contributed by atoms with Gasteiger partial charge in [-0.05, 0) is 56.3 Å². The minimum atomic E-state index is -0.680. The lowest BCUT2D eigenvalue weighted by Crippen LogP contribution is -2.30. The molecule has 1 unspecified atom stereocenters. The molecule has 1 atom stereocenters. The maximum Gasteiger partial charge on any atom is 0.265 e. The Morgan fingerprint density at radius 1 is 0.909 bits per heavy atom. The van der Waals surface area contributed by atoms with Gasteiger partial charge in [0.05, 0.1) is 5.69 Å². The minimum Gasteiger partial charge on any atom is -0.481 e. The molecule has 0 radical (unpaired) electrons. The summed E-state index contributed by atoms with van der Waals surface area (Å²) in [5.41, 5.74) is 3.28. The molecule has 0 aliphatic heterocycles. The highest BCUT2D eigenvalue weighted by atomic mass is 35.5. The maximum absolute atomic E-state index is 12.6. The van der Waals surface area contributed by atoms with E-state index >= 15 is 0 Å². The zero-order chi connectivity index (χ0) is 23.2. The topological polar surface area (TPSA) is 76.1 Å². The van der Waals surface area contributed by atoms with E-state index in [9.17, 15) is 4.79 Å². The Morgan fingerprint density at radius 2 is 1.64 bits per heavy atom. The SMILES string of the molecule is Cc1nc(Nc2cccc(NC(=O)C(C)Oc3ccc(Cl)cc3)c2)cc(-c2ccccc2)n1. The van der Waals surface area contributed by atoms with Gasteiger partial charge in [0.1, 0.15) is 17.4 Å². The summed E-state index contributed by atoms with van der Waals surface area (Å²) < 4.78 is 5.69. The van der Waals surface area contributed by atoms with Gasteiger partial charge >= 0.3 is 0 Å². The third-order valence-electron chi connectivity index (χ3n) is 4.81. The van der Waals surface area contributed by atoms with Crippen LogP contribution in [0.3, 0.4) is 0 Å². The molecule has 0 aliphatic rings. The molecule has 1 aromatic heterocycles. The van der Waals surface area contributed by atoms with Gasteiger partial charge in [-0.15, -0.1) is 0 Å². The number of aryl methyl sites for hydroxylation is 1. The van der Waals surface area contributed by atoms with Gasteiger partial charge in [0.25, 0.3) is 5.91 Å². The minimum absolute atomic E-state index is 0.258. The molecule has 33 heavy (non-hydrogen) atoms. The van der Waals surface area contributed by atoms with Gasteiger partial charge in [-0.3, -0.25) is 4.79 Å². The molecule has 7 heteroatoms. The molecule has 1 amide bonds. The van der Waals surface area contributed by atoms with Crippen LogP contribution in [0.1, 0.15) is 12.7 Å². The van der Waals surface area contributed by atoms with Gasteiger partial charge in [0, 0.05) is 28.0 Å². The summed E-state index contributed by atoms with van der Waals surface area (Å²) in [5, 5.41) is 6.79. The van der Waals surface area contributed by atoms with Crippen LogP contribution >= 0.6 is 11.6 Å². The highest BCUT2D eigenvalue weighted by Crippen LogP contribution is 2.24. The van der Waals surface area contributed by atoms with E-state index in [1.807, 2.05) is 67.6 Å². The van der Waals surface area contributed by atoms with Crippen LogP contribution in [0.4, 0.5) is 17.2 Å². The van der Waals surface area contributed by atoms with E-state index in [-0.39, 0.29) is 5.91 Å². The van der Waals surface area contributed by atoms with Crippen LogP contribution in [-0.2, 0) is 4.79 Å². The second-order valence-corrected chi connectivity index (χ2v) is 7.90. The van der Waals surface area contributed by atoms with E-state index in [1.165, 1.54) is 0 Å². The van der Waals surface area contributed by atoms with Crippen molar-refractivity contribution in [2.45, 2.75) is 20.0 Å². The highest BCUT2D eigenvalue weighted by molar-refractivity contribution is 6.30. The van der Waals surface area contributed by atoms with Crippen molar-refractivity contribution in [1.29, 1.82) is 0 Å². The summed E-state index contributed by atoms with van der Waals surface area (Å²) >= 11 is 5.89. The van der Waals surface area contributed by atoms with Gasteiger partial charge in [-0.25, -0.2) is 9.97 Å². The normalized spacial score (nSPS) is 11.5. The van der Waals surface area contributed by atoms with Crippen molar-refractivity contribution in [3.63, 3.8) is 0 Å². The van der Waals surface area contributed by atoms with Gasteiger partial charge in [-0.2, -0.15) is 0 Å². The number of anilines is 3. The third-order valence-corrected chi connectivity index (χ3v) is 5.06. The molecular weight excluding hydrogens is 436 g/mol. The average molecular weight is 459 g/mol. The molecule has 2 N–H and O–H groups in total. The molecule has 0 fully saturated rings. The second-order valence-electron chi connectivity index (χ2n) is 7.46. The standard InChI is InChI=1S/C26H23ClN4O2/c1-17(33-23-13-11-20(27)12-14-23)26(32)31-22-10-6-9-21(15-22)30-25-16-24(28-18(2)29-25)19-7-4-3-5-8-19/h3-17H,1-2H3,(H,31,32)(H,28,29,30). The summed E-state index contributed by atoms with van der Waals surface area (Å²) in [7, 11) is 0. The number of carbonyl (C=O) groups excluding carboxylic acids is 1. The number of nitrogens with zero attached hydrogens (tertiary/aromatic N) is 2. The van der Waals surface area contributed by atoms with E-state index in [0.29, 0.717) is 28.1 Å². The molecule has 0 saturated carbocycles. The first kappa shape index (κ1) is 22.3. The monoisotopic (exact) mass is 458 g/mol. The number of ether oxygens (including phenoxy) is 1. The van der Waals surface area contributed by atoms with Crippen LogP contribution in [-0.4, -0.2) is 22.0 Å². The van der Waals surface area contributed by atoms with Gasteiger partial charge < -0.3 is 15.4 Å². The molecule has 166 valence electrons. The van der Waals surface area contributed by atoms with Crippen molar-refractivity contribution in [2.75, 3.05) is 10.6 Å². The van der Waals surface area contributed by atoms with Crippen LogP contribution in [0, 0.1) is 6.92 Å². The number of hydrogen-bond acceptors (Lipinski definition) is 5. The van der Waals surface area contributed by atoms with Gasteiger partial charge in [0.15, 0.2) is 6.10 Å². The lowest BCUT2D eigenvalue weighted by Gasteiger charge is -2.15. The largest absolute Gasteiger partial charge is 0.481 e. The zero-order valence-electron chi connectivity index (χ0n) is 18.2. The van der Waals surface area contributed by atoms with Crippen molar-refractivity contribution < 1.29 is 9.53 Å². The fraction of sp³-hybridized carbons (Fsp3) is 0.115. The molecule has 4 rings (SSSR count). The van der Waals surface area contributed by atoms with Crippen LogP contribution in [0.2, 0.25) is 5.02 Å². The second kappa shape index (κ2) is 10.1. The number of rotatable bonds is 7. The first-order valence-electron chi connectivity index (χ1n) is 10.5. The smallest absolute Gasteiger partial charge is 0.265 e.